The molecule has 21 heavy (non-hydrogen) atoms. The van der Waals surface area contributed by atoms with E-state index in [1.165, 1.54) is 0 Å². The van der Waals surface area contributed by atoms with Gasteiger partial charge in [-0.05, 0) is 38.0 Å². The Balaban J connectivity index is 1.89. The van der Waals surface area contributed by atoms with Crippen LogP contribution in [0.4, 0.5) is 0 Å². The van der Waals surface area contributed by atoms with Gasteiger partial charge in [0.2, 0.25) is 5.91 Å². The highest BCUT2D eigenvalue weighted by Crippen LogP contribution is 2.24. The van der Waals surface area contributed by atoms with E-state index in [1.54, 1.807) is 0 Å². The van der Waals surface area contributed by atoms with Crippen LogP contribution in [0.15, 0.2) is 4.52 Å². The van der Waals surface area contributed by atoms with Crippen LogP contribution in [0, 0.1) is 5.92 Å². The lowest BCUT2D eigenvalue weighted by Gasteiger charge is -2.27. The molecular weight excluding hydrogens is 268 g/mol. The molecule has 0 atom stereocenters. The predicted octanol–water partition coefficient (Wildman–Crippen LogP) is 2.01. The Labute approximate surface area is 126 Å². The molecule has 0 radical (unpaired) electrons. The lowest BCUT2D eigenvalue weighted by molar-refractivity contribution is -0.121. The van der Waals surface area contributed by atoms with Crippen molar-refractivity contribution in [3.05, 3.63) is 17.0 Å². The number of carbonyl (C=O) groups excluding carboxylic acids is 1. The van der Waals surface area contributed by atoms with Gasteiger partial charge in [0.25, 0.3) is 0 Å². The van der Waals surface area contributed by atoms with Gasteiger partial charge in [-0.3, -0.25) is 4.79 Å². The summed E-state index contributed by atoms with van der Waals surface area (Å²) in [5.41, 5.74) is 1.85. The molecule has 0 unspecified atom stereocenters. The standard InChI is InChI=1S/C16H26N2O3/c1-3-14-13(15(4-2)21-18-14)9-16(20)17-12-7-5-11(10-19)6-8-12/h11-12,19H,3-10H2,1-2H3,(H,17,20). The zero-order valence-corrected chi connectivity index (χ0v) is 13.0. The summed E-state index contributed by atoms with van der Waals surface area (Å²) in [5, 5.41) is 16.3. The zero-order valence-electron chi connectivity index (χ0n) is 13.0. The first kappa shape index (κ1) is 16.0. The van der Waals surface area contributed by atoms with Gasteiger partial charge in [-0.2, -0.15) is 0 Å². The lowest BCUT2D eigenvalue weighted by Crippen LogP contribution is -2.39. The van der Waals surface area contributed by atoms with Gasteiger partial charge >= 0.3 is 0 Å². The number of carbonyl (C=O) groups is 1. The van der Waals surface area contributed by atoms with Crippen LogP contribution in [0.25, 0.3) is 0 Å². The van der Waals surface area contributed by atoms with Crippen molar-refractivity contribution in [2.75, 3.05) is 6.61 Å². The fourth-order valence-corrected chi connectivity index (χ4v) is 3.07. The minimum Gasteiger partial charge on any atom is -0.396 e. The average Bonchev–Trinajstić information content (AvgIpc) is 2.89. The maximum atomic E-state index is 12.2. The third-order valence-electron chi connectivity index (χ3n) is 4.41. The second-order valence-electron chi connectivity index (χ2n) is 5.88. The summed E-state index contributed by atoms with van der Waals surface area (Å²) in [7, 11) is 0. The van der Waals surface area contributed by atoms with Crippen LogP contribution in [-0.4, -0.2) is 28.8 Å². The Kier molecular flexibility index (Phi) is 5.79. The molecule has 1 aliphatic rings. The molecule has 1 amide bonds. The molecule has 1 fully saturated rings. The molecule has 1 aromatic heterocycles. The van der Waals surface area contributed by atoms with Gasteiger partial charge in [-0.25, -0.2) is 0 Å². The molecule has 0 bridgehead atoms. The molecule has 5 nitrogen and oxygen atoms in total. The van der Waals surface area contributed by atoms with Crippen LogP contribution in [0.5, 0.6) is 0 Å². The van der Waals surface area contributed by atoms with Crippen molar-refractivity contribution < 1.29 is 14.4 Å². The van der Waals surface area contributed by atoms with Crippen molar-refractivity contribution in [1.82, 2.24) is 10.5 Å². The molecule has 0 saturated heterocycles. The summed E-state index contributed by atoms with van der Waals surface area (Å²) >= 11 is 0. The van der Waals surface area contributed by atoms with Crippen molar-refractivity contribution >= 4 is 5.91 Å². The summed E-state index contributed by atoms with van der Waals surface area (Å²) in [6.45, 7) is 4.30. The maximum absolute atomic E-state index is 12.2. The lowest BCUT2D eigenvalue weighted by atomic mass is 9.86. The number of hydrogen-bond donors (Lipinski definition) is 2. The van der Waals surface area contributed by atoms with Crippen LogP contribution in [0.3, 0.4) is 0 Å². The smallest absolute Gasteiger partial charge is 0.224 e. The number of amides is 1. The van der Waals surface area contributed by atoms with Crippen LogP contribution in [0.2, 0.25) is 0 Å². The molecule has 0 aliphatic heterocycles. The summed E-state index contributed by atoms with van der Waals surface area (Å²) in [5.74, 6) is 1.29. The van der Waals surface area contributed by atoms with Gasteiger partial charge < -0.3 is 14.9 Å². The van der Waals surface area contributed by atoms with E-state index in [9.17, 15) is 4.79 Å². The summed E-state index contributed by atoms with van der Waals surface area (Å²) in [6.07, 6.45) is 5.81. The minimum atomic E-state index is 0.0510. The van der Waals surface area contributed by atoms with Gasteiger partial charge in [0.05, 0.1) is 12.1 Å². The molecule has 1 heterocycles. The van der Waals surface area contributed by atoms with Gasteiger partial charge in [0.15, 0.2) is 0 Å². The topological polar surface area (TPSA) is 75.4 Å². The Hall–Kier alpha value is -1.36. The van der Waals surface area contributed by atoms with Gasteiger partial charge in [-0.1, -0.05) is 19.0 Å². The minimum absolute atomic E-state index is 0.0510. The Bertz CT molecular complexity index is 441. The monoisotopic (exact) mass is 294 g/mol. The Morgan fingerprint density at radius 3 is 2.57 bits per heavy atom. The number of nitrogens with zero attached hydrogens (tertiary/aromatic N) is 1. The molecule has 0 aromatic carbocycles. The SMILES string of the molecule is CCc1noc(CC)c1CC(=O)NC1CCC(CO)CC1. The van der Waals surface area contributed by atoms with Crippen molar-refractivity contribution in [3.63, 3.8) is 0 Å². The molecule has 0 spiro atoms. The first-order valence-corrected chi connectivity index (χ1v) is 8.04. The van der Waals surface area contributed by atoms with Crippen molar-refractivity contribution in [3.8, 4) is 0 Å². The fraction of sp³-hybridized carbons (Fsp3) is 0.750. The number of aliphatic hydroxyl groups excluding tert-OH is 1. The van der Waals surface area contributed by atoms with E-state index >= 15 is 0 Å². The highest BCUT2D eigenvalue weighted by atomic mass is 16.5. The molecule has 1 aliphatic carbocycles. The largest absolute Gasteiger partial charge is 0.396 e. The van der Waals surface area contributed by atoms with E-state index < -0.39 is 0 Å². The molecule has 2 N–H and O–H groups in total. The Morgan fingerprint density at radius 1 is 1.29 bits per heavy atom. The fourth-order valence-electron chi connectivity index (χ4n) is 3.07. The molecule has 118 valence electrons. The first-order chi connectivity index (χ1) is 10.2. The van der Waals surface area contributed by atoms with E-state index in [2.05, 4.69) is 10.5 Å². The maximum Gasteiger partial charge on any atom is 0.224 e. The molecule has 2 rings (SSSR count). The van der Waals surface area contributed by atoms with Crippen molar-refractivity contribution in [1.29, 1.82) is 0 Å². The number of nitrogens with one attached hydrogen (secondary N) is 1. The first-order valence-electron chi connectivity index (χ1n) is 8.04. The van der Waals surface area contributed by atoms with E-state index in [-0.39, 0.29) is 18.6 Å². The molecule has 1 saturated carbocycles. The van der Waals surface area contributed by atoms with Crippen molar-refractivity contribution in [2.24, 2.45) is 5.92 Å². The highest BCUT2D eigenvalue weighted by molar-refractivity contribution is 5.79. The third-order valence-corrected chi connectivity index (χ3v) is 4.41. The van der Waals surface area contributed by atoms with Crippen LogP contribution in [-0.2, 0) is 24.1 Å². The number of aliphatic hydroxyl groups is 1. The zero-order chi connectivity index (χ0) is 15.2. The summed E-state index contributed by atoms with van der Waals surface area (Å²) < 4.78 is 5.30. The number of rotatable bonds is 6. The van der Waals surface area contributed by atoms with Gasteiger partial charge in [-0.15, -0.1) is 0 Å². The average molecular weight is 294 g/mol. The van der Waals surface area contributed by atoms with Crippen LogP contribution in [0.1, 0.15) is 56.5 Å². The summed E-state index contributed by atoms with van der Waals surface area (Å²) in [4.78, 5) is 12.2. The van der Waals surface area contributed by atoms with Crippen molar-refractivity contribution in [2.45, 2.75) is 64.8 Å². The van der Waals surface area contributed by atoms with E-state index in [0.717, 1.165) is 55.5 Å². The van der Waals surface area contributed by atoms with E-state index in [0.29, 0.717) is 12.3 Å². The van der Waals surface area contributed by atoms with Gasteiger partial charge in [0.1, 0.15) is 5.76 Å². The quantitative estimate of drug-likeness (QED) is 0.841. The third kappa shape index (κ3) is 4.06. The van der Waals surface area contributed by atoms with Gasteiger partial charge in [0, 0.05) is 24.6 Å². The van der Waals surface area contributed by atoms with Crippen LogP contribution < -0.4 is 5.32 Å². The summed E-state index contributed by atoms with van der Waals surface area (Å²) in [6, 6.07) is 0.246. The number of aromatic nitrogens is 1. The molecular formula is C16H26N2O3. The van der Waals surface area contributed by atoms with E-state index in [4.69, 9.17) is 9.63 Å². The highest BCUT2D eigenvalue weighted by Gasteiger charge is 2.23. The molecule has 1 aromatic rings. The normalized spacial score (nSPS) is 22.2. The predicted molar refractivity (Wildman–Crippen MR) is 79.9 cm³/mol. The second kappa shape index (κ2) is 7.59. The Morgan fingerprint density at radius 2 is 2.00 bits per heavy atom. The number of hydrogen-bond acceptors (Lipinski definition) is 4. The van der Waals surface area contributed by atoms with Crippen LogP contribution >= 0.6 is 0 Å². The van der Waals surface area contributed by atoms with E-state index in [1.807, 2.05) is 13.8 Å². The second-order valence-corrected chi connectivity index (χ2v) is 5.88. The number of aryl methyl sites for hydroxylation is 2. The molecule has 5 heteroatoms.